The Hall–Kier alpha value is -3.12. The maximum absolute atomic E-state index is 2.40. The average Bonchev–Trinajstić information content (AvgIpc) is 3.29. The van der Waals surface area contributed by atoms with E-state index in [9.17, 15) is 0 Å². The average molecular weight is 387 g/mol. The van der Waals surface area contributed by atoms with Gasteiger partial charge in [-0.3, -0.25) is 0 Å². The van der Waals surface area contributed by atoms with Crippen LogP contribution in [-0.2, 0) is 5.41 Å². The molecule has 0 nitrogen and oxygen atoms in total. The molecule has 0 aromatic heterocycles. The lowest BCUT2D eigenvalue weighted by atomic mass is 9.62. The molecule has 0 spiro atoms. The first-order valence-electron chi connectivity index (χ1n) is 11.2. The Morgan fingerprint density at radius 3 is 1.50 bits per heavy atom. The number of benzene rings is 4. The van der Waals surface area contributed by atoms with Crippen molar-refractivity contribution in [3.8, 4) is 22.3 Å². The van der Waals surface area contributed by atoms with Gasteiger partial charge < -0.3 is 0 Å². The molecular weight excluding hydrogens is 360 g/mol. The third-order valence-electron chi connectivity index (χ3n) is 7.36. The van der Waals surface area contributed by atoms with Gasteiger partial charge in [0.15, 0.2) is 0 Å². The van der Waals surface area contributed by atoms with E-state index in [0.29, 0.717) is 5.92 Å². The standard InChI is InChI=1S/C30H26/c1-2-3-20-30(27-18-10-8-14-23(27)24-15-9-11-19-28(24)30)29-25-16-6-4-12-21(25)22-13-5-7-17-26(22)29/h4-19,29H,2-3,20H2,1H3. The van der Waals surface area contributed by atoms with Gasteiger partial charge in [0.25, 0.3) is 0 Å². The quantitative estimate of drug-likeness (QED) is 0.334. The summed E-state index contributed by atoms with van der Waals surface area (Å²) in [6, 6.07) is 36.5. The summed E-state index contributed by atoms with van der Waals surface area (Å²) in [5.41, 5.74) is 11.6. The second kappa shape index (κ2) is 6.71. The molecule has 0 saturated heterocycles. The van der Waals surface area contributed by atoms with E-state index in [4.69, 9.17) is 0 Å². The summed E-state index contributed by atoms with van der Waals surface area (Å²) >= 11 is 0. The zero-order valence-electron chi connectivity index (χ0n) is 17.4. The molecule has 30 heavy (non-hydrogen) atoms. The van der Waals surface area contributed by atoms with Crippen molar-refractivity contribution in [2.75, 3.05) is 0 Å². The fraction of sp³-hybridized carbons (Fsp3) is 0.200. The molecule has 0 saturated carbocycles. The first kappa shape index (κ1) is 17.7. The molecule has 0 N–H and O–H groups in total. The van der Waals surface area contributed by atoms with Crippen LogP contribution in [0.2, 0.25) is 0 Å². The highest BCUT2D eigenvalue weighted by Crippen LogP contribution is 2.63. The van der Waals surface area contributed by atoms with Crippen LogP contribution in [0.3, 0.4) is 0 Å². The Morgan fingerprint density at radius 1 is 0.567 bits per heavy atom. The number of unbranched alkanes of at least 4 members (excludes halogenated alkanes) is 1. The summed E-state index contributed by atoms with van der Waals surface area (Å²) in [6.45, 7) is 2.32. The second-order valence-electron chi connectivity index (χ2n) is 8.77. The van der Waals surface area contributed by atoms with Crippen LogP contribution < -0.4 is 0 Å². The van der Waals surface area contributed by atoms with E-state index in [2.05, 4.69) is 104 Å². The lowest BCUT2D eigenvalue weighted by Gasteiger charge is -2.39. The van der Waals surface area contributed by atoms with E-state index in [1.807, 2.05) is 0 Å². The van der Waals surface area contributed by atoms with Crippen LogP contribution in [0.15, 0.2) is 97.1 Å². The predicted molar refractivity (Wildman–Crippen MR) is 126 cm³/mol. The van der Waals surface area contributed by atoms with Gasteiger partial charge in [0.2, 0.25) is 0 Å². The Bertz CT molecular complexity index is 1160. The molecule has 0 amide bonds. The first-order chi connectivity index (χ1) is 14.9. The third kappa shape index (κ3) is 2.22. The van der Waals surface area contributed by atoms with Crippen LogP contribution in [0.4, 0.5) is 0 Å². The summed E-state index contributed by atoms with van der Waals surface area (Å²) in [7, 11) is 0. The molecule has 0 fully saturated rings. The summed E-state index contributed by atoms with van der Waals surface area (Å²) in [4.78, 5) is 0. The highest BCUT2D eigenvalue weighted by atomic mass is 14.5. The minimum absolute atomic E-state index is 0.0219. The van der Waals surface area contributed by atoms with Crippen molar-refractivity contribution in [1.82, 2.24) is 0 Å². The zero-order chi connectivity index (χ0) is 20.1. The minimum atomic E-state index is -0.0219. The SMILES string of the molecule is CCCCC1(C2c3ccccc3-c3ccccc32)c2ccccc2-c2ccccc21. The van der Waals surface area contributed by atoms with Gasteiger partial charge in [0.1, 0.15) is 0 Å². The largest absolute Gasteiger partial charge is 0.0654 e. The molecule has 2 aliphatic rings. The number of hydrogen-bond acceptors (Lipinski definition) is 0. The molecule has 146 valence electrons. The van der Waals surface area contributed by atoms with E-state index in [1.165, 1.54) is 63.8 Å². The highest BCUT2D eigenvalue weighted by Gasteiger charge is 2.51. The minimum Gasteiger partial charge on any atom is -0.0654 e. The fourth-order valence-electron chi connectivity index (χ4n) is 6.23. The first-order valence-corrected chi connectivity index (χ1v) is 11.2. The molecule has 6 rings (SSSR count). The molecule has 2 aliphatic carbocycles. The summed E-state index contributed by atoms with van der Waals surface area (Å²) in [5.74, 6) is 0.348. The van der Waals surface area contributed by atoms with Crippen LogP contribution in [0, 0.1) is 0 Å². The van der Waals surface area contributed by atoms with Gasteiger partial charge in [-0.2, -0.15) is 0 Å². The van der Waals surface area contributed by atoms with Crippen molar-refractivity contribution < 1.29 is 0 Å². The fourth-order valence-corrected chi connectivity index (χ4v) is 6.23. The van der Waals surface area contributed by atoms with Gasteiger partial charge in [-0.05, 0) is 50.9 Å². The van der Waals surface area contributed by atoms with Gasteiger partial charge >= 0.3 is 0 Å². The Kier molecular flexibility index (Phi) is 3.96. The molecule has 0 heterocycles. The molecule has 0 radical (unpaired) electrons. The van der Waals surface area contributed by atoms with Crippen LogP contribution in [-0.4, -0.2) is 0 Å². The van der Waals surface area contributed by atoms with Gasteiger partial charge in [-0.25, -0.2) is 0 Å². The molecule has 0 unspecified atom stereocenters. The summed E-state index contributed by atoms with van der Waals surface area (Å²) in [6.07, 6.45) is 3.61. The number of hydrogen-bond donors (Lipinski definition) is 0. The Labute approximate surface area is 179 Å². The van der Waals surface area contributed by atoms with Crippen molar-refractivity contribution in [3.05, 3.63) is 119 Å². The van der Waals surface area contributed by atoms with E-state index < -0.39 is 0 Å². The topological polar surface area (TPSA) is 0 Å². The molecule has 0 heteroatoms. The van der Waals surface area contributed by atoms with Crippen molar-refractivity contribution >= 4 is 0 Å². The molecule has 0 bridgehead atoms. The molecule has 4 aromatic rings. The molecule has 0 aliphatic heterocycles. The van der Waals surface area contributed by atoms with Crippen LogP contribution in [0.5, 0.6) is 0 Å². The maximum atomic E-state index is 2.40. The second-order valence-corrected chi connectivity index (χ2v) is 8.77. The van der Waals surface area contributed by atoms with E-state index in [-0.39, 0.29) is 5.41 Å². The smallest absolute Gasteiger partial charge is 0.0324 e. The van der Waals surface area contributed by atoms with E-state index in [0.717, 1.165) is 0 Å². The van der Waals surface area contributed by atoms with Gasteiger partial charge in [-0.15, -0.1) is 0 Å². The zero-order valence-corrected chi connectivity index (χ0v) is 17.4. The molecular formula is C30H26. The molecule has 0 atom stereocenters. The van der Waals surface area contributed by atoms with Crippen molar-refractivity contribution in [2.24, 2.45) is 0 Å². The van der Waals surface area contributed by atoms with Gasteiger partial charge in [0.05, 0.1) is 0 Å². The summed E-state index contributed by atoms with van der Waals surface area (Å²) < 4.78 is 0. The van der Waals surface area contributed by atoms with Gasteiger partial charge in [0, 0.05) is 11.3 Å². The third-order valence-corrected chi connectivity index (χ3v) is 7.36. The highest BCUT2D eigenvalue weighted by molar-refractivity contribution is 5.86. The van der Waals surface area contributed by atoms with Crippen molar-refractivity contribution in [2.45, 2.75) is 37.5 Å². The normalized spacial score (nSPS) is 15.4. The Morgan fingerprint density at radius 2 is 1.00 bits per heavy atom. The van der Waals surface area contributed by atoms with Crippen molar-refractivity contribution in [1.29, 1.82) is 0 Å². The monoisotopic (exact) mass is 386 g/mol. The number of rotatable bonds is 4. The molecule has 4 aromatic carbocycles. The van der Waals surface area contributed by atoms with Crippen LogP contribution >= 0.6 is 0 Å². The summed E-state index contributed by atoms with van der Waals surface area (Å²) in [5, 5.41) is 0. The number of fused-ring (bicyclic) bond motifs is 6. The van der Waals surface area contributed by atoms with Gasteiger partial charge in [-0.1, -0.05) is 117 Å². The lowest BCUT2D eigenvalue weighted by molar-refractivity contribution is 0.417. The van der Waals surface area contributed by atoms with Crippen LogP contribution in [0.25, 0.3) is 22.3 Å². The van der Waals surface area contributed by atoms with E-state index >= 15 is 0 Å². The van der Waals surface area contributed by atoms with E-state index in [1.54, 1.807) is 0 Å². The Balaban J connectivity index is 1.72. The lowest BCUT2D eigenvalue weighted by Crippen LogP contribution is -2.33. The maximum Gasteiger partial charge on any atom is 0.0324 e. The van der Waals surface area contributed by atoms with Crippen LogP contribution in [0.1, 0.15) is 54.4 Å². The predicted octanol–water partition coefficient (Wildman–Crippen LogP) is 7.96. The van der Waals surface area contributed by atoms with Crippen molar-refractivity contribution in [3.63, 3.8) is 0 Å².